The van der Waals surface area contributed by atoms with E-state index in [1.807, 2.05) is 0 Å². The molecule has 0 aromatic heterocycles. The minimum absolute atomic E-state index is 0.182. The molecule has 1 aliphatic carbocycles. The lowest BCUT2D eigenvalue weighted by Gasteiger charge is -2.16. The Hall–Kier alpha value is -0.640. The number of allylic oxidation sites excluding steroid dienone is 2. The van der Waals surface area contributed by atoms with Crippen LogP contribution in [0.4, 0.5) is 0 Å². The van der Waals surface area contributed by atoms with Crippen LogP contribution in [0.15, 0.2) is 29.3 Å². The molecule has 0 unspecified atom stereocenters. The Morgan fingerprint density at radius 2 is 2.07 bits per heavy atom. The number of aliphatic hydroxyl groups excluding tert-OH is 1. The Balaban J connectivity index is 2.53. The van der Waals surface area contributed by atoms with Gasteiger partial charge in [0.1, 0.15) is 0 Å². The van der Waals surface area contributed by atoms with Crippen molar-refractivity contribution in [3.8, 4) is 0 Å². The molecule has 0 aromatic rings. The van der Waals surface area contributed by atoms with Crippen LogP contribution >= 0.6 is 11.6 Å². The maximum atomic E-state index is 9.52. The molecule has 0 bridgehead atoms. The summed E-state index contributed by atoms with van der Waals surface area (Å²) in [5.74, 6) is 0.182. The van der Waals surface area contributed by atoms with E-state index in [0.717, 1.165) is 5.71 Å². The van der Waals surface area contributed by atoms with Crippen molar-refractivity contribution in [2.24, 2.45) is 4.99 Å². The first kappa shape index (κ1) is 11.4. The van der Waals surface area contributed by atoms with Crippen molar-refractivity contribution in [2.75, 3.05) is 12.4 Å². The summed E-state index contributed by atoms with van der Waals surface area (Å²) in [7, 11) is 0. The maximum absolute atomic E-state index is 9.52. The summed E-state index contributed by atoms with van der Waals surface area (Å²) in [6.07, 6.45) is 6.15. The molecule has 3 nitrogen and oxygen atoms in total. The molecule has 78 valence electrons. The summed E-state index contributed by atoms with van der Waals surface area (Å²) in [6.45, 7) is 1.97. The number of aliphatic hydroxyl groups is 2. The zero-order valence-electron chi connectivity index (χ0n) is 8.02. The van der Waals surface area contributed by atoms with E-state index in [1.54, 1.807) is 31.2 Å². The standard InChI is InChI=1S/C10H14ClNO2/c1-10(14)4-2-8(3-5-10)12-7-9(13)6-11/h2-5,9,13-14H,6-7H2,1H3/t9-,10?/m1/s1. The molecule has 0 radical (unpaired) electrons. The zero-order valence-corrected chi connectivity index (χ0v) is 8.78. The minimum Gasteiger partial charge on any atom is -0.390 e. The molecule has 0 fully saturated rings. The third-order valence-corrected chi connectivity index (χ3v) is 2.20. The summed E-state index contributed by atoms with van der Waals surface area (Å²) in [5.41, 5.74) is -0.148. The predicted octanol–water partition coefficient (Wildman–Crippen LogP) is 0.904. The molecule has 0 amide bonds. The first-order valence-electron chi connectivity index (χ1n) is 4.43. The number of alkyl halides is 1. The Morgan fingerprint density at radius 3 is 2.57 bits per heavy atom. The van der Waals surface area contributed by atoms with Crippen LogP contribution in [0, 0.1) is 0 Å². The van der Waals surface area contributed by atoms with Gasteiger partial charge in [0.15, 0.2) is 0 Å². The average molecular weight is 216 g/mol. The summed E-state index contributed by atoms with van der Waals surface area (Å²) in [5, 5.41) is 18.7. The van der Waals surface area contributed by atoms with Crippen LogP contribution in [-0.4, -0.2) is 40.1 Å². The Morgan fingerprint density at radius 1 is 1.50 bits per heavy atom. The van der Waals surface area contributed by atoms with Gasteiger partial charge in [-0.1, -0.05) is 0 Å². The minimum atomic E-state index is -0.885. The number of aliphatic imine (C=N–C) groups is 1. The van der Waals surface area contributed by atoms with Gasteiger partial charge in [-0.2, -0.15) is 0 Å². The van der Waals surface area contributed by atoms with E-state index in [0.29, 0.717) is 0 Å². The molecule has 2 N–H and O–H groups in total. The summed E-state index contributed by atoms with van der Waals surface area (Å²) >= 11 is 5.42. The molecule has 1 rings (SSSR count). The Bertz CT molecular complexity index is 264. The van der Waals surface area contributed by atoms with Crippen molar-refractivity contribution in [3.05, 3.63) is 24.3 Å². The number of nitrogens with zero attached hydrogens (tertiary/aromatic N) is 1. The third-order valence-electron chi connectivity index (χ3n) is 1.85. The van der Waals surface area contributed by atoms with E-state index >= 15 is 0 Å². The molecule has 0 saturated heterocycles. The quantitative estimate of drug-likeness (QED) is 0.688. The van der Waals surface area contributed by atoms with Gasteiger partial charge in [-0.05, 0) is 31.2 Å². The van der Waals surface area contributed by atoms with Crippen molar-refractivity contribution >= 4 is 17.3 Å². The molecule has 0 spiro atoms. The molecule has 14 heavy (non-hydrogen) atoms. The highest BCUT2D eigenvalue weighted by atomic mass is 35.5. The van der Waals surface area contributed by atoms with Gasteiger partial charge in [0, 0.05) is 0 Å². The third kappa shape index (κ3) is 3.62. The molecular weight excluding hydrogens is 202 g/mol. The largest absolute Gasteiger partial charge is 0.390 e. The van der Waals surface area contributed by atoms with Crippen LogP contribution in [0.2, 0.25) is 0 Å². The number of hydrogen-bond acceptors (Lipinski definition) is 3. The first-order chi connectivity index (χ1) is 6.53. The van der Waals surface area contributed by atoms with Gasteiger partial charge in [-0.25, -0.2) is 0 Å². The van der Waals surface area contributed by atoms with Crippen molar-refractivity contribution in [2.45, 2.75) is 18.6 Å². The molecule has 4 heteroatoms. The number of halogens is 1. The molecule has 1 aliphatic rings. The topological polar surface area (TPSA) is 52.8 Å². The van der Waals surface area contributed by atoms with Gasteiger partial charge in [0.25, 0.3) is 0 Å². The lowest BCUT2D eigenvalue weighted by atomic mass is 10.00. The van der Waals surface area contributed by atoms with Crippen LogP contribution in [-0.2, 0) is 0 Å². The second-order valence-corrected chi connectivity index (χ2v) is 3.77. The van der Waals surface area contributed by atoms with Gasteiger partial charge >= 0.3 is 0 Å². The van der Waals surface area contributed by atoms with E-state index in [9.17, 15) is 5.11 Å². The average Bonchev–Trinajstić information content (AvgIpc) is 2.16. The van der Waals surface area contributed by atoms with Gasteiger partial charge in [-0.15, -0.1) is 11.6 Å². The summed E-state index contributed by atoms with van der Waals surface area (Å²) in [4.78, 5) is 4.12. The van der Waals surface area contributed by atoms with Crippen molar-refractivity contribution in [1.82, 2.24) is 0 Å². The molecule has 0 aromatic carbocycles. The van der Waals surface area contributed by atoms with Crippen LogP contribution in [0.3, 0.4) is 0 Å². The molecule has 0 heterocycles. The van der Waals surface area contributed by atoms with Crippen LogP contribution in [0.25, 0.3) is 0 Å². The van der Waals surface area contributed by atoms with Gasteiger partial charge < -0.3 is 10.2 Å². The highest BCUT2D eigenvalue weighted by molar-refractivity contribution is 6.18. The van der Waals surface area contributed by atoms with Crippen molar-refractivity contribution < 1.29 is 10.2 Å². The lowest BCUT2D eigenvalue weighted by molar-refractivity contribution is 0.163. The maximum Gasteiger partial charge on any atom is 0.0988 e. The number of hydrogen-bond donors (Lipinski definition) is 2. The van der Waals surface area contributed by atoms with Crippen LogP contribution in [0.5, 0.6) is 0 Å². The van der Waals surface area contributed by atoms with Crippen LogP contribution in [0.1, 0.15) is 6.92 Å². The number of rotatable bonds is 3. The fourth-order valence-corrected chi connectivity index (χ4v) is 1.08. The Labute approximate surface area is 88.4 Å². The van der Waals surface area contributed by atoms with E-state index in [2.05, 4.69) is 4.99 Å². The highest BCUT2D eigenvalue weighted by Gasteiger charge is 2.14. The van der Waals surface area contributed by atoms with Crippen molar-refractivity contribution in [1.29, 1.82) is 0 Å². The first-order valence-corrected chi connectivity index (χ1v) is 4.96. The molecule has 0 aliphatic heterocycles. The SMILES string of the molecule is CC1(O)C=CC(=NC[C@H](O)CCl)C=C1. The smallest absolute Gasteiger partial charge is 0.0988 e. The van der Waals surface area contributed by atoms with Gasteiger partial charge in [0.2, 0.25) is 0 Å². The van der Waals surface area contributed by atoms with Gasteiger partial charge in [0.05, 0.1) is 29.8 Å². The van der Waals surface area contributed by atoms with Gasteiger partial charge in [-0.3, -0.25) is 4.99 Å². The molecular formula is C10H14ClNO2. The zero-order chi connectivity index (χ0) is 10.6. The van der Waals surface area contributed by atoms with E-state index < -0.39 is 11.7 Å². The summed E-state index contributed by atoms with van der Waals surface area (Å²) in [6, 6.07) is 0. The summed E-state index contributed by atoms with van der Waals surface area (Å²) < 4.78 is 0. The van der Waals surface area contributed by atoms with Crippen LogP contribution < -0.4 is 0 Å². The molecule has 0 saturated carbocycles. The predicted molar refractivity (Wildman–Crippen MR) is 57.9 cm³/mol. The molecule has 1 atom stereocenters. The lowest BCUT2D eigenvalue weighted by Crippen LogP contribution is -2.21. The fourth-order valence-electron chi connectivity index (χ4n) is 0.984. The van der Waals surface area contributed by atoms with E-state index in [4.69, 9.17) is 16.7 Å². The Kier molecular flexibility index (Phi) is 3.86. The van der Waals surface area contributed by atoms with E-state index in [1.165, 1.54) is 0 Å². The second kappa shape index (κ2) is 4.73. The second-order valence-electron chi connectivity index (χ2n) is 3.47. The highest BCUT2D eigenvalue weighted by Crippen LogP contribution is 2.12. The monoisotopic (exact) mass is 215 g/mol. The fraction of sp³-hybridized carbons (Fsp3) is 0.500. The normalized spacial score (nSPS) is 27.9. The van der Waals surface area contributed by atoms with E-state index in [-0.39, 0.29) is 12.4 Å². The van der Waals surface area contributed by atoms with Crippen molar-refractivity contribution in [3.63, 3.8) is 0 Å².